The SMILES string of the molecule is CCCn1ncc(Cl)c1C(CCc1ccccc1C)NC. The van der Waals surface area contributed by atoms with E-state index in [0.717, 1.165) is 36.5 Å². The second-order valence-corrected chi connectivity index (χ2v) is 5.81. The third-order valence-electron chi connectivity index (χ3n) is 3.91. The lowest BCUT2D eigenvalue weighted by molar-refractivity contribution is 0.476. The van der Waals surface area contributed by atoms with Crippen molar-refractivity contribution in [1.82, 2.24) is 15.1 Å². The Morgan fingerprint density at radius 2 is 2.10 bits per heavy atom. The lowest BCUT2D eigenvalue weighted by atomic mass is 9.99. The van der Waals surface area contributed by atoms with Gasteiger partial charge in [0.25, 0.3) is 0 Å². The molecule has 1 N–H and O–H groups in total. The first-order chi connectivity index (χ1) is 10.2. The highest BCUT2D eigenvalue weighted by molar-refractivity contribution is 6.31. The Morgan fingerprint density at radius 3 is 2.76 bits per heavy atom. The van der Waals surface area contributed by atoms with Gasteiger partial charge in [0.2, 0.25) is 0 Å². The van der Waals surface area contributed by atoms with Crippen LogP contribution in [0.2, 0.25) is 5.02 Å². The van der Waals surface area contributed by atoms with Gasteiger partial charge in [-0.2, -0.15) is 5.10 Å². The summed E-state index contributed by atoms with van der Waals surface area (Å²) in [7, 11) is 1.99. The summed E-state index contributed by atoms with van der Waals surface area (Å²) in [5, 5.41) is 8.54. The number of rotatable bonds is 7. The van der Waals surface area contributed by atoms with Crippen molar-refractivity contribution in [1.29, 1.82) is 0 Å². The minimum absolute atomic E-state index is 0.228. The average Bonchev–Trinajstić information content (AvgIpc) is 2.84. The number of nitrogens with one attached hydrogen (secondary N) is 1. The van der Waals surface area contributed by atoms with Crippen molar-refractivity contribution in [3.05, 3.63) is 52.3 Å². The van der Waals surface area contributed by atoms with E-state index in [1.807, 2.05) is 11.7 Å². The molecule has 0 aliphatic carbocycles. The Balaban J connectivity index is 2.13. The molecule has 0 amide bonds. The number of halogens is 1. The molecule has 114 valence electrons. The second kappa shape index (κ2) is 7.62. The third-order valence-corrected chi connectivity index (χ3v) is 4.20. The standard InChI is InChI=1S/C17H24ClN3/c1-4-11-21-17(15(18)12-20-21)16(19-3)10-9-14-8-6-5-7-13(14)2/h5-8,12,16,19H,4,9-11H2,1-3H3. The summed E-state index contributed by atoms with van der Waals surface area (Å²) < 4.78 is 2.03. The number of benzene rings is 1. The summed E-state index contributed by atoms with van der Waals surface area (Å²) in [5.74, 6) is 0. The molecule has 0 fully saturated rings. The number of hydrogen-bond donors (Lipinski definition) is 1. The maximum absolute atomic E-state index is 6.34. The summed E-state index contributed by atoms with van der Waals surface area (Å²) in [6, 6.07) is 8.78. The van der Waals surface area contributed by atoms with E-state index in [2.05, 4.69) is 48.5 Å². The van der Waals surface area contributed by atoms with Crippen molar-refractivity contribution in [3.8, 4) is 0 Å². The first-order valence-electron chi connectivity index (χ1n) is 7.60. The summed E-state index contributed by atoms with van der Waals surface area (Å²) in [6.07, 6.45) is 4.85. The van der Waals surface area contributed by atoms with Gasteiger partial charge in [-0.05, 0) is 44.4 Å². The van der Waals surface area contributed by atoms with Crippen LogP contribution in [0.4, 0.5) is 0 Å². The first kappa shape index (κ1) is 16.1. The van der Waals surface area contributed by atoms with Gasteiger partial charge in [0.1, 0.15) is 0 Å². The number of aryl methyl sites for hydroxylation is 3. The molecule has 2 rings (SSSR count). The van der Waals surface area contributed by atoms with Crippen molar-refractivity contribution in [3.63, 3.8) is 0 Å². The van der Waals surface area contributed by atoms with Gasteiger partial charge in [-0.25, -0.2) is 0 Å². The molecule has 0 saturated carbocycles. The van der Waals surface area contributed by atoms with E-state index >= 15 is 0 Å². The predicted octanol–water partition coefficient (Wildman–Crippen LogP) is 4.15. The quantitative estimate of drug-likeness (QED) is 0.833. The van der Waals surface area contributed by atoms with Gasteiger partial charge in [-0.15, -0.1) is 0 Å². The van der Waals surface area contributed by atoms with E-state index in [9.17, 15) is 0 Å². The Morgan fingerprint density at radius 1 is 1.33 bits per heavy atom. The maximum atomic E-state index is 6.34. The summed E-state index contributed by atoms with van der Waals surface area (Å²) in [6.45, 7) is 5.23. The molecule has 1 heterocycles. The normalized spacial score (nSPS) is 12.6. The molecule has 1 aromatic heterocycles. The molecule has 2 aromatic rings. The zero-order valence-corrected chi connectivity index (χ0v) is 13.8. The lowest BCUT2D eigenvalue weighted by Crippen LogP contribution is -2.21. The largest absolute Gasteiger partial charge is 0.312 e. The van der Waals surface area contributed by atoms with Crippen LogP contribution in [0.15, 0.2) is 30.5 Å². The fraction of sp³-hybridized carbons (Fsp3) is 0.471. The molecule has 0 aliphatic heterocycles. The summed E-state index contributed by atoms with van der Waals surface area (Å²) >= 11 is 6.34. The Hall–Kier alpha value is -1.32. The monoisotopic (exact) mass is 305 g/mol. The molecule has 1 unspecified atom stereocenters. The molecular formula is C17H24ClN3. The molecule has 0 aliphatic rings. The van der Waals surface area contributed by atoms with Crippen LogP contribution >= 0.6 is 11.6 Å². The highest BCUT2D eigenvalue weighted by atomic mass is 35.5. The molecule has 0 bridgehead atoms. The fourth-order valence-corrected chi connectivity index (χ4v) is 2.99. The Bertz CT molecular complexity index is 577. The lowest BCUT2D eigenvalue weighted by Gasteiger charge is -2.19. The van der Waals surface area contributed by atoms with Crippen molar-refractivity contribution >= 4 is 11.6 Å². The zero-order chi connectivity index (χ0) is 15.2. The van der Waals surface area contributed by atoms with Gasteiger partial charge in [0.15, 0.2) is 0 Å². The topological polar surface area (TPSA) is 29.9 Å². The van der Waals surface area contributed by atoms with E-state index in [1.165, 1.54) is 11.1 Å². The van der Waals surface area contributed by atoms with Gasteiger partial charge < -0.3 is 5.32 Å². The van der Waals surface area contributed by atoms with Crippen molar-refractivity contribution in [2.45, 2.75) is 45.7 Å². The van der Waals surface area contributed by atoms with Crippen LogP contribution in [0.3, 0.4) is 0 Å². The molecule has 1 atom stereocenters. The van der Waals surface area contributed by atoms with Crippen LogP contribution in [0.25, 0.3) is 0 Å². The smallest absolute Gasteiger partial charge is 0.0834 e. The van der Waals surface area contributed by atoms with Gasteiger partial charge >= 0.3 is 0 Å². The molecule has 4 heteroatoms. The predicted molar refractivity (Wildman–Crippen MR) is 88.8 cm³/mol. The Labute approximate surface area is 132 Å². The second-order valence-electron chi connectivity index (χ2n) is 5.41. The van der Waals surface area contributed by atoms with E-state index in [-0.39, 0.29) is 6.04 Å². The van der Waals surface area contributed by atoms with Gasteiger partial charge in [-0.1, -0.05) is 42.8 Å². The van der Waals surface area contributed by atoms with Crippen molar-refractivity contribution in [2.75, 3.05) is 7.05 Å². The number of aromatic nitrogens is 2. The fourth-order valence-electron chi connectivity index (χ4n) is 2.72. The van der Waals surface area contributed by atoms with Gasteiger partial charge in [0, 0.05) is 6.54 Å². The highest BCUT2D eigenvalue weighted by Crippen LogP contribution is 2.27. The highest BCUT2D eigenvalue weighted by Gasteiger charge is 2.18. The van der Waals surface area contributed by atoms with E-state index in [4.69, 9.17) is 11.6 Å². The van der Waals surface area contributed by atoms with E-state index in [1.54, 1.807) is 6.20 Å². The molecule has 0 radical (unpaired) electrons. The zero-order valence-electron chi connectivity index (χ0n) is 13.1. The third kappa shape index (κ3) is 3.86. The number of nitrogens with zero attached hydrogens (tertiary/aromatic N) is 2. The summed E-state index contributed by atoms with van der Waals surface area (Å²) in [5.41, 5.74) is 3.85. The van der Waals surface area contributed by atoms with E-state index < -0.39 is 0 Å². The van der Waals surface area contributed by atoms with Crippen LogP contribution < -0.4 is 5.32 Å². The molecule has 0 saturated heterocycles. The Kier molecular flexibility index (Phi) is 5.83. The van der Waals surface area contributed by atoms with Crippen LogP contribution in [0.5, 0.6) is 0 Å². The van der Waals surface area contributed by atoms with Crippen LogP contribution in [-0.4, -0.2) is 16.8 Å². The van der Waals surface area contributed by atoms with Crippen molar-refractivity contribution in [2.24, 2.45) is 0 Å². The van der Waals surface area contributed by atoms with Crippen molar-refractivity contribution < 1.29 is 0 Å². The average molecular weight is 306 g/mol. The van der Waals surface area contributed by atoms with E-state index in [0.29, 0.717) is 0 Å². The molecular weight excluding hydrogens is 282 g/mol. The van der Waals surface area contributed by atoms with Crippen LogP contribution in [0, 0.1) is 6.92 Å². The number of hydrogen-bond acceptors (Lipinski definition) is 2. The summed E-state index contributed by atoms with van der Waals surface area (Å²) in [4.78, 5) is 0. The minimum atomic E-state index is 0.228. The molecule has 1 aromatic carbocycles. The molecule has 0 spiro atoms. The maximum Gasteiger partial charge on any atom is 0.0834 e. The first-order valence-corrected chi connectivity index (χ1v) is 7.98. The van der Waals surface area contributed by atoms with Gasteiger partial charge in [-0.3, -0.25) is 4.68 Å². The van der Waals surface area contributed by atoms with Crippen LogP contribution in [0.1, 0.15) is 42.6 Å². The van der Waals surface area contributed by atoms with Crippen LogP contribution in [-0.2, 0) is 13.0 Å². The van der Waals surface area contributed by atoms with Gasteiger partial charge in [0.05, 0.1) is 23.0 Å². The molecule has 3 nitrogen and oxygen atoms in total. The molecule has 21 heavy (non-hydrogen) atoms. The minimum Gasteiger partial charge on any atom is -0.312 e.